The molecule has 4 unspecified atom stereocenters. The van der Waals surface area contributed by atoms with E-state index in [2.05, 4.69) is 82.9 Å². The van der Waals surface area contributed by atoms with E-state index < -0.39 is 17.0 Å². The van der Waals surface area contributed by atoms with Gasteiger partial charge in [0, 0.05) is 60.3 Å². The number of nitrogens with zero attached hydrogens (tertiary/aromatic N) is 10. The van der Waals surface area contributed by atoms with E-state index in [-0.39, 0.29) is 56.8 Å². The Labute approximate surface area is 538 Å². The molecule has 0 fully saturated rings. The number of hydrogen-bond donors (Lipinski definition) is 1. The molecule has 15 nitrogen and oxygen atoms in total. The van der Waals surface area contributed by atoms with Crippen LogP contribution in [0.5, 0.6) is 5.88 Å². The van der Waals surface area contributed by atoms with E-state index in [0.717, 1.165) is 107 Å². The van der Waals surface area contributed by atoms with Crippen LogP contribution in [0.4, 0.5) is 22.7 Å². The number of rotatable bonds is 34. The van der Waals surface area contributed by atoms with E-state index in [9.17, 15) is 34.8 Å². The van der Waals surface area contributed by atoms with Crippen LogP contribution >= 0.6 is 0 Å². The van der Waals surface area contributed by atoms with Gasteiger partial charge in [0.05, 0.1) is 17.1 Å². The Morgan fingerprint density at radius 1 is 0.484 bits per heavy atom. The van der Waals surface area contributed by atoms with E-state index in [1.807, 2.05) is 21.9 Å². The van der Waals surface area contributed by atoms with Crippen molar-refractivity contribution < 1.29 is 14.7 Å². The van der Waals surface area contributed by atoms with Gasteiger partial charge in [-0.15, -0.1) is 10.2 Å². The second kappa shape index (κ2) is 35.3. The van der Waals surface area contributed by atoms with Crippen LogP contribution in [0.25, 0.3) is 33.6 Å². The minimum Gasteiger partial charge on any atom is -0.493 e. The predicted molar refractivity (Wildman–Crippen MR) is 366 cm³/mol. The fourth-order valence-electron chi connectivity index (χ4n) is 12.0. The van der Waals surface area contributed by atoms with Crippen LogP contribution < -0.4 is 11.1 Å². The zero-order valence-corrected chi connectivity index (χ0v) is 54.8. The Bertz CT molecular complexity index is 3750. The largest absolute Gasteiger partial charge is 0.493 e. The number of azo groups is 2. The van der Waals surface area contributed by atoms with Gasteiger partial charge in [-0.1, -0.05) is 205 Å². The molecule has 0 saturated heterocycles. The molecule has 0 spiro atoms. The van der Waals surface area contributed by atoms with Crippen LogP contribution in [0.2, 0.25) is 0 Å². The van der Waals surface area contributed by atoms with E-state index >= 15 is 0 Å². The molecule has 7 aromatic rings. The fraction of sp³-hybridized carbons (Fsp3) is 0.421. The van der Waals surface area contributed by atoms with E-state index in [1.165, 1.54) is 22.9 Å². The lowest BCUT2D eigenvalue weighted by molar-refractivity contribution is 0.0678. The molecule has 0 radical (unpaired) electrons. The van der Waals surface area contributed by atoms with Gasteiger partial charge in [-0.05, 0) is 121 Å². The molecule has 5 aromatic carbocycles. The first-order valence-electron chi connectivity index (χ1n) is 33.3. The van der Waals surface area contributed by atoms with Gasteiger partial charge in [-0.3, -0.25) is 23.7 Å². The van der Waals surface area contributed by atoms with Crippen molar-refractivity contribution in [2.75, 3.05) is 26.2 Å². The molecule has 2 aromatic heterocycles. The number of aromatic nitrogens is 2. The maximum atomic E-state index is 14.6. The molecular formula is C76H92N10O5. The average molecular weight is 1230 g/mol. The first-order chi connectivity index (χ1) is 44.3. The monoisotopic (exact) mass is 1220 g/mol. The molecular weight excluding hydrogens is 1130 g/mol. The summed E-state index contributed by atoms with van der Waals surface area (Å²) < 4.78 is 2.24. The van der Waals surface area contributed by atoms with Crippen molar-refractivity contribution in [1.29, 1.82) is 10.5 Å². The second-order valence-electron chi connectivity index (χ2n) is 24.1. The predicted octanol–water partition coefficient (Wildman–Crippen LogP) is 19.4. The zero-order valence-electron chi connectivity index (χ0n) is 54.8. The van der Waals surface area contributed by atoms with Crippen LogP contribution in [0.1, 0.15) is 190 Å². The van der Waals surface area contributed by atoms with Crippen LogP contribution in [-0.4, -0.2) is 62.0 Å². The molecule has 4 atom stereocenters. The summed E-state index contributed by atoms with van der Waals surface area (Å²) in [5.41, 5.74) is 1.45. The van der Waals surface area contributed by atoms with Gasteiger partial charge in [-0.2, -0.15) is 20.8 Å². The van der Waals surface area contributed by atoms with Gasteiger partial charge in [0.1, 0.15) is 29.0 Å². The summed E-state index contributed by atoms with van der Waals surface area (Å²) >= 11 is 0. The number of carbonyl (C=O) groups is 2. The SMILES string of the molecule is CCCCC(CC)CN(CC(CC)CCCC)C(=O)c1cccc(N=Nc2cn(-c3ccc(-n4c(O)c(N=Nc5cccc(C(=O)N(CC(CC)CCCC)CC(CC)CCCC)c5)c(-c5ccccc5)c(C#N)c4=O)cc3)c(=O)c(C#N)c2-c2ccccc2)c1. The van der Waals surface area contributed by atoms with Crippen molar-refractivity contribution in [1.82, 2.24) is 18.9 Å². The third-order valence-electron chi connectivity index (χ3n) is 17.6. The number of aromatic hydroxyl groups is 1. The van der Waals surface area contributed by atoms with Gasteiger partial charge >= 0.3 is 0 Å². The van der Waals surface area contributed by atoms with Crippen molar-refractivity contribution in [2.24, 2.45) is 44.1 Å². The molecule has 7 rings (SSSR count). The highest BCUT2D eigenvalue weighted by molar-refractivity contribution is 5.96. The molecule has 1 N–H and O–H groups in total. The van der Waals surface area contributed by atoms with Crippen LogP contribution in [0.3, 0.4) is 0 Å². The van der Waals surface area contributed by atoms with Crippen molar-refractivity contribution >= 4 is 34.6 Å². The summed E-state index contributed by atoms with van der Waals surface area (Å²) in [5, 5.41) is 52.5. The summed E-state index contributed by atoms with van der Waals surface area (Å²) in [6.45, 7) is 20.2. The number of benzene rings is 5. The zero-order chi connectivity index (χ0) is 65.2. The fourth-order valence-corrected chi connectivity index (χ4v) is 12.0. The lowest BCUT2D eigenvalue weighted by atomic mass is 9.95. The van der Waals surface area contributed by atoms with E-state index in [1.54, 1.807) is 109 Å². The van der Waals surface area contributed by atoms with Gasteiger partial charge in [0.2, 0.25) is 5.88 Å². The van der Waals surface area contributed by atoms with Gasteiger partial charge in [0.15, 0.2) is 5.69 Å². The van der Waals surface area contributed by atoms with Gasteiger partial charge in [0.25, 0.3) is 22.9 Å². The Morgan fingerprint density at radius 3 is 1.29 bits per heavy atom. The number of amides is 2. The third-order valence-corrected chi connectivity index (χ3v) is 17.6. The number of unbranched alkanes of at least 4 members (excludes halogenated alkanes) is 4. The highest BCUT2D eigenvalue weighted by atomic mass is 16.3. The first kappa shape index (κ1) is 69.4. The normalized spacial score (nSPS) is 12.8. The molecule has 476 valence electrons. The minimum absolute atomic E-state index is 0.0590. The number of carbonyl (C=O) groups excluding carboxylic acids is 2. The van der Waals surface area contributed by atoms with E-state index in [4.69, 9.17) is 5.11 Å². The van der Waals surface area contributed by atoms with Crippen molar-refractivity contribution in [3.8, 4) is 51.6 Å². The summed E-state index contributed by atoms with van der Waals surface area (Å²) in [6.07, 6.45) is 18.4. The lowest BCUT2D eigenvalue weighted by Crippen LogP contribution is -2.39. The molecule has 91 heavy (non-hydrogen) atoms. The standard InChI is InChI=1S/C76H92N10O5/c1-9-17-29-54(13-5)49-83(50-55(14-6)30-18-10-2)72(87)60-37-27-39-62(45-60)79-81-68-53-85(74(89)66(47-77)69(68)58-33-23-21-24-34-58)64-41-43-65(44-42-64)86-75(90)67(48-78)70(59-35-25-22-26-36-59)71(76(86)91)82-80-63-40-28-38-61(46-63)73(88)84(51-56(15-7)31-19-11-3)52-57(16-8)32-20-12-4/h21-28,33-46,53-57,91H,9-20,29-32,49-52H2,1-8H3. The first-order valence-corrected chi connectivity index (χ1v) is 33.3. The maximum Gasteiger partial charge on any atom is 0.276 e. The molecule has 0 aliphatic rings. The highest BCUT2D eigenvalue weighted by Gasteiger charge is 2.28. The van der Waals surface area contributed by atoms with Crippen LogP contribution in [-0.2, 0) is 0 Å². The van der Waals surface area contributed by atoms with Crippen LogP contribution in [0.15, 0.2) is 170 Å². The molecule has 2 heterocycles. The topological polar surface area (TPSA) is 202 Å². The summed E-state index contributed by atoms with van der Waals surface area (Å²) in [5.74, 6) is 0.725. The molecule has 2 amide bonds. The summed E-state index contributed by atoms with van der Waals surface area (Å²) in [7, 11) is 0. The number of hydrogen-bond acceptors (Lipinski definition) is 11. The van der Waals surface area contributed by atoms with Crippen molar-refractivity contribution in [2.45, 2.75) is 158 Å². The summed E-state index contributed by atoms with van der Waals surface area (Å²) in [6, 6.07) is 42.1. The number of pyridine rings is 2. The molecule has 15 heteroatoms. The van der Waals surface area contributed by atoms with Gasteiger partial charge < -0.3 is 14.9 Å². The third kappa shape index (κ3) is 18.1. The Morgan fingerprint density at radius 2 is 0.879 bits per heavy atom. The highest BCUT2D eigenvalue weighted by Crippen LogP contribution is 2.41. The quantitative estimate of drug-likeness (QED) is 0.0386. The molecule has 0 aliphatic carbocycles. The van der Waals surface area contributed by atoms with E-state index in [0.29, 0.717) is 83.5 Å². The molecule has 0 aliphatic heterocycles. The van der Waals surface area contributed by atoms with Gasteiger partial charge in [-0.25, -0.2) is 4.57 Å². The Balaban J connectivity index is 1.28. The number of nitriles is 2. The molecule has 0 bridgehead atoms. The summed E-state index contributed by atoms with van der Waals surface area (Å²) in [4.78, 5) is 62.5. The Kier molecular flexibility index (Phi) is 27.0. The smallest absolute Gasteiger partial charge is 0.276 e. The van der Waals surface area contributed by atoms with Crippen LogP contribution in [0, 0.1) is 46.3 Å². The lowest BCUT2D eigenvalue weighted by Gasteiger charge is -2.31. The minimum atomic E-state index is -0.835. The molecule has 0 saturated carbocycles. The van der Waals surface area contributed by atoms with Crippen molar-refractivity contribution in [3.05, 3.63) is 183 Å². The van der Waals surface area contributed by atoms with Crippen molar-refractivity contribution in [3.63, 3.8) is 0 Å². The second-order valence-corrected chi connectivity index (χ2v) is 24.1. The maximum absolute atomic E-state index is 14.6. The Hall–Kier alpha value is -9.08. The average Bonchev–Trinajstić information content (AvgIpc) is 1.03.